The number of nitrogens with zero attached hydrogens (tertiary/aromatic N) is 2. The Bertz CT molecular complexity index is 786. The smallest absolute Gasteiger partial charge is 0.269 e. The first-order chi connectivity index (χ1) is 13.0. The highest BCUT2D eigenvalue weighted by Gasteiger charge is 2.16. The summed E-state index contributed by atoms with van der Waals surface area (Å²) in [6.45, 7) is 4.77. The number of non-ortho nitro benzene ring substituents is 1. The van der Waals surface area contributed by atoms with Gasteiger partial charge < -0.3 is 19.7 Å². The van der Waals surface area contributed by atoms with Crippen molar-refractivity contribution < 1.29 is 19.2 Å². The number of nitro groups is 1. The molecule has 1 amide bonds. The van der Waals surface area contributed by atoms with Crippen molar-refractivity contribution in [2.75, 3.05) is 36.5 Å². The summed E-state index contributed by atoms with van der Waals surface area (Å²) in [6, 6.07) is 13.2. The van der Waals surface area contributed by atoms with Crippen molar-refractivity contribution in [1.29, 1.82) is 0 Å². The molecule has 0 saturated carbocycles. The number of nitro benzene ring substituents is 1. The van der Waals surface area contributed by atoms with Crippen LogP contribution in [0, 0.1) is 10.1 Å². The number of morpholine rings is 1. The van der Waals surface area contributed by atoms with E-state index >= 15 is 0 Å². The lowest BCUT2D eigenvalue weighted by atomic mass is 10.2. The maximum absolute atomic E-state index is 12.3. The SMILES string of the molecule is C[C@H](Oc1ccc([N+](=O)[O-])cc1)C(=O)Nc1ccc(N2CCOCC2)cc1. The number of anilines is 2. The predicted molar refractivity (Wildman–Crippen MR) is 101 cm³/mol. The average Bonchev–Trinajstić information content (AvgIpc) is 2.69. The Morgan fingerprint density at radius 2 is 1.78 bits per heavy atom. The van der Waals surface area contributed by atoms with Gasteiger partial charge in [-0.1, -0.05) is 0 Å². The normalized spacial score (nSPS) is 15.1. The second-order valence-electron chi connectivity index (χ2n) is 6.15. The molecule has 2 aromatic carbocycles. The van der Waals surface area contributed by atoms with Gasteiger partial charge in [-0.2, -0.15) is 0 Å². The van der Waals surface area contributed by atoms with E-state index in [1.54, 1.807) is 6.92 Å². The van der Waals surface area contributed by atoms with Gasteiger partial charge in [-0.15, -0.1) is 0 Å². The molecule has 2 aromatic rings. The fourth-order valence-corrected chi connectivity index (χ4v) is 2.73. The molecule has 1 fully saturated rings. The van der Waals surface area contributed by atoms with Gasteiger partial charge in [-0.05, 0) is 43.3 Å². The Hall–Kier alpha value is -3.13. The van der Waals surface area contributed by atoms with Crippen molar-refractivity contribution >= 4 is 23.0 Å². The molecule has 1 atom stereocenters. The van der Waals surface area contributed by atoms with Crippen LogP contribution >= 0.6 is 0 Å². The molecule has 1 aliphatic heterocycles. The molecule has 0 unspecified atom stereocenters. The van der Waals surface area contributed by atoms with E-state index < -0.39 is 11.0 Å². The van der Waals surface area contributed by atoms with Gasteiger partial charge in [0.05, 0.1) is 18.1 Å². The van der Waals surface area contributed by atoms with Gasteiger partial charge in [-0.25, -0.2) is 0 Å². The predicted octanol–water partition coefficient (Wildman–Crippen LogP) is 2.84. The first-order valence-electron chi connectivity index (χ1n) is 8.67. The molecule has 1 N–H and O–H groups in total. The second-order valence-corrected chi connectivity index (χ2v) is 6.15. The van der Waals surface area contributed by atoms with Crippen molar-refractivity contribution in [3.8, 4) is 5.75 Å². The van der Waals surface area contributed by atoms with Gasteiger partial charge in [0.2, 0.25) is 0 Å². The van der Waals surface area contributed by atoms with E-state index in [4.69, 9.17) is 9.47 Å². The summed E-state index contributed by atoms with van der Waals surface area (Å²) in [6.07, 6.45) is -0.745. The molecular weight excluding hydrogens is 350 g/mol. The number of ether oxygens (including phenoxy) is 2. The van der Waals surface area contributed by atoms with Gasteiger partial charge in [0, 0.05) is 36.6 Å². The van der Waals surface area contributed by atoms with Gasteiger partial charge >= 0.3 is 0 Å². The number of hydrogen-bond donors (Lipinski definition) is 1. The van der Waals surface area contributed by atoms with E-state index in [0.29, 0.717) is 11.4 Å². The summed E-state index contributed by atoms with van der Waals surface area (Å²) in [5.74, 6) is 0.0957. The molecule has 8 heteroatoms. The molecule has 0 spiro atoms. The second kappa shape index (κ2) is 8.50. The van der Waals surface area contributed by atoms with Crippen molar-refractivity contribution in [3.63, 3.8) is 0 Å². The number of nitrogens with one attached hydrogen (secondary N) is 1. The summed E-state index contributed by atoms with van der Waals surface area (Å²) in [4.78, 5) is 24.7. The molecular formula is C19H21N3O5. The third-order valence-corrected chi connectivity index (χ3v) is 4.24. The highest BCUT2D eigenvalue weighted by Crippen LogP contribution is 2.21. The highest BCUT2D eigenvalue weighted by atomic mass is 16.6. The van der Waals surface area contributed by atoms with Crippen LogP contribution in [0.2, 0.25) is 0 Å². The largest absolute Gasteiger partial charge is 0.481 e. The van der Waals surface area contributed by atoms with Crippen molar-refractivity contribution in [3.05, 3.63) is 58.6 Å². The van der Waals surface area contributed by atoms with E-state index in [1.165, 1.54) is 24.3 Å². The fraction of sp³-hybridized carbons (Fsp3) is 0.316. The molecule has 1 saturated heterocycles. The number of hydrogen-bond acceptors (Lipinski definition) is 6. The highest BCUT2D eigenvalue weighted by molar-refractivity contribution is 5.94. The lowest BCUT2D eigenvalue weighted by Crippen LogP contribution is -2.36. The summed E-state index contributed by atoms with van der Waals surface area (Å²) in [5, 5.41) is 13.5. The Kier molecular flexibility index (Phi) is 5.87. The minimum atomic E-state index is -0.745. The maximum atomic E-state index is 12.3. The van der Waals surface area contributed by atoms with Crippen LogP contribution in [-0.2, 0) is 9.53 Å². The number of rotatable bonds is 6. The van der Waals surface area contributed by atoms with Crippen LogP contribution < -0.4 is 15.0 Å². The Balaban J connectivity index is 1.55. The van der Waals surface area contributed by atoms with Crippen LogP contribution in [0.3, 0.4) is 0 Å². The Morgan fingerprint density at radius 3 is 2.37 bits per heavy atom. The van der Waals surface area contributed by atoms with Crippen molar-refractivity contribution in [2.45, 2.75) is 13.0 Å². The maximum Gasteiger partial charge on any atom is 0.269 e. The number of carbonyl (C=O) groups is 1. The van der Waals surface area contributed by atoms with E-state index in [1.807, 2.05) is 24.3 Å². The molecule has 27 heavy (non-hydrogen) atoms. The van der Waals surface area contributed by atoms with Crippen LogP contribution in [0.5, 0.6) is 5.75 Å². The van der Waals surface area contributed by atoms with Crippen LogP contribution in [0.4, 0.5) is 17.1 Å². The number of amides is 1. The summed E-state index contributed by atoms with van der Waals surface area (Å²) in [7, 11) is 0. The average molecular weight is 371 g/mol. The third kappa shape index (κ3) is 4.95. The van der Waals surface area contributed by atoms with E-state index in [-0.39, 0.29) is 11.6 Å². The lowest BCUT2D eigenvalue weighted by Gasteiger charge is -2.29. The van der Waals surface area contributed by atoms with Gasteiger partial charge in [-0.3, -0.25) is 14.9 Å². The van der Waals surface area contributed by atoms with E-state index in [2.05, 4.69) is 10.2 Å². The zero-order chi connectivity index (χ0) is 19.2. The molecule has 1 aliphatic rings. The zero-order valence-corrected chi connectivity index (χ0v) is 15.0. The first-order valence-corrected chi connectivity index (χ1v) is 8.67. The van der Waals surface area contributed by atoms with Gasteiger partial charge in [0.1, 0.15) is 5.75 Å². The molecule has 142 valence electrons. The Morgan fingerprint density at radius 1 is 1.15 bits per heavy atom. The van der Waals surface area contributed by atoms with Crippen LogP contribution in [0.1, 0.15) is 6.92 Å². The number of carbonyl (C=O) groups excluding carboxylic acids is 1. The van der Waals surface area contributed by atoms with Crippen LogP contribution in [0.15, 0.2) is 48.5 Å². The molecule has 1 heterocycles. The molecule has 8 nitrogen and oxygen atoms in total. The molecule has 0 radical (unpaired) electrons. The Labute approximate surface area is 156 Å². The standard InChI is InChI=1S/C19H21N3O5/c1-14(27-18-8-6-17(7-9-18)22(24)25)19(23)20-15-2-4-16(5-3-15)21-10-12-26-13-11-21/h2-9,14H,10-13H2,1H3,(H,20,23)/t14-/m0/s1. The van der Waals surface area contributed by atoms with Crippen LogP contribution in [0.25, 0.3) is 0 Å². The third-order valence-electron chi connectivity index (χ3n) is 4.24. The van der Waals surface area contributed by atoms with Crippen molar-refractivity contribution in [1.82, 2.24) is 0 Å². The minimum absolute atomic E-state index is 0.0280. The van der Waals surface area contributed by atoms with E-state index in [9.17, 15) is 14.9 Å². The quantitative estimate of drug-likeness (QED) is 0.620. The lowest BCUT2D eigenvalue weighted by molar-refractivity contribution is -0.384. The van der Waals surface area contributed by atoms with Crippen LogP contribution in [-0.4, -0.2) is 43.2 Å². The van der Waals surface area contributed by atoms with Gasteiger partial charge in [0.15, 0.2) is 6.10 Å². The molecule has 0 bridgehead atoms. The minimum Gasteiger partial charge on any atom is -0.481 e. The van der Waals surface area contributed by atoms with Gasteiger partial charge in [0.25, 0.3) is 11.6 Å². The monoisotopic (exact) mass is 371 g/mol. The summed E-state index contributed by atoms with van der Waals surface area (Å²) >= 11 is 0. The van der Waals surface area contributed by atoms with Crippen molar-refractivity contribution in [2.24, 2.45) is 0 Å². The molecule has 0 aromatic heterocycles. The summed E-state index contributed by atoms with van der Waals surface area (Å²) < 4.78 is 10.9. The zero-order valence-electron chi connectivity index (χ0n) is 15.0. The molecule has 0 aliphatic carbocycles. The van der Waals surface area contributed by atoms with E-state index in [0.717, 1.165) is 32.0 Å². The molecule has 3 rings (SSSR count). The topological polar surface area (TPSA) is 93.9 Å². The fourth-order valence-electron chi connectivity index (χ4n) is 2.73. The first kappa shape index (κ1) is 18.7. The summed E-state index contributed by atoms with van der Waals surface area (Å²) in [5.41, 5.74) is 1.74. The number of benzene rings is 2.